The van der Waals surface area contributed by atoms with Crippen molar-refractivity contribution in [1.82, 2.24) is 0 Å². The Labute approximate surface area is 113 Å². The Kier molecular flexibility index (Phi) is 5.05. The summed E-state index contributed by atoms with van der Waals surface area (Å²) < 4.78 is 3.75. The standard InChI is InChI=1S/C8H7I3O/c9-5-3-7(10)6(1-2-12)8(11)4-5/h3-4,12H,1-2H2. The van der Waals surface area contributed by atoms with Crippen molar-refractivity contribution in [2.24, 2.45) is 0 Å². The molecule has 0 atom stereocenters. The number of rotatable bonds is 2. The zero-order valence-corrected chi connectivity index (χ0v) is 12.6. The van der Waals surface area contributed by atoms with Crippen LogP contribution in [0.25, 0.3) is 0 Å². The van der Waals surface area contributed by atoms with Gasteiger partial charge >= 0.3 is 0 Å². The Bertz CT molecular complexity index is 263. The second kappa shape index (κ2) is 5.30. The minimum Gasteiger partial charge on any atom is -0.396 e. The molecule has 12 heavy (non-hydrogen) atoms. The lowest BCUT2D eigenvalue weighted by Crippen LogP contribution is -1.98. The van der Waals surface area contributed by atoms with Gasteiger partial charge in [0, 0.05) is 17.3 Å². The van der Waals surface area contributed by atoms with Crippen LogP contribution in [0.4, 0.5) is 0 Å². The molecule has 0 aliphatic heterocycles. The molecule has 0 unspecified atom stereocenters. The normalized spacial score (nSPS) is 10.3. The molecule has 0 saturated heterocycles. The number of halogens is 3. The van der Waals surface area contributed by atoms with Crippen molar-refractivity contribution in [3.8, 4) is 0 Å². The van der Waals surface area contributed by atoms with E-state index in [-0.39, 0.29) is 6.61 Å². The molecule has 0 bridgehead atoms. The summed E-state index contributed by atoms with van der Waals surface area (Å²) in [5, 5.41) is 8.83. The van der Waals surface area contributed by atoms with Gasteiger partial charge in [0.1, 0.15) is 0 Å². The van der Waals surface area contributed by atoms with Crippen molar-refractivity contribution in [3.05, 3.63) is 28.4 Å². The Balaban J connectivity index is 3.10. The van der Waals surface area contributed by atoms with Gasteiger partial charge in [0.15, 0.2) is 0 Å². The van der Waals surface area contributed by atoms with Crippen LogP contribution >= 0.6 is 67.8 Å². The Morgan fingerprint density at radius 3 is 2.00 bits per heavy atom. The van der Waals surface area contributed by atoms with Gasteiger partial charge in [-0.15, -0.1) is 0 Å². The first-order valence-electron chi connectivity index (χ1n) is 3.39. The van der Waals surface area contributed by atoms with E-state index in [0.717, 1.165) is 6.42 Å². The topological polar surface area (TPSA) is 20.2 Å². The molecule has 66 valence electrons. The average molecular weight is 500 g/mol. The van der Waals surface area contributed by atoms with Gasteiger partial charge in [0.2, 0.25) is 0 Å². The molecular formula is C8H7I3O. The Hall–Kier alpha value is 1.37. The average Bonchev–Trinajstić information content (AvgIpc) is 1.96. The van der Waals surface area contributed by atoms with Crippen molar-refractivity contribution in [3.63, 3.8) is 0 Å². The number of aliphatic hydroxyl groups is 1. The molecule has 0 aliphatic rings. The first-order chi connectivity index (χ1) is 5.65. The lowest BCUT2D eigenvalue weighted by atomic mass is 10.2. The summed E-state index contributed by atoms with van der Waals surface area (Å²) in [5.74, 6) is 0. The van der Waals surface area contributed by atoms with Crippen molar-refractivity contribution in [1.29, 1.82) is 0 Å². The molecule has 0 amide bonds. The van der Waals surface area contributed by atoms with Gasteiger partial charge in [0.25, 0.3) is 0 Å². The molecule has 0 aromatic heterocycles. The first-order valence-corrected chi connectivity index (χ1v) is 6.63. The quantitative estimate of drug-likeness (QED) is 0.620. The Morgan fingerprint density at radius 1 is 1.08 bits per heavy atom. The highest BCUT2D eigenvalue weighted by molar-refractivity contribution is 14.1. The number of hydrogen-bond donors (Lipinski definition) is 1. The van der Waals surface area contributed by atoms with Crippen LogP contribution in [0.1, 0.15) is 5.56 Å². The smallest absolute Gasteiger partial charge is 0.0472 e. The molecule has 0 fully saturated rings. The van der Waals surface area contributed by atoms with Gasteiger partial charge in [-0.2, -0.15) is 0 Å². The second-order valence-electron chi connectivity index (χ2n) is 2.32. The zero-order valence-electron chi connectivity index (χ0n) is 6.15. The van der Waals surface area contributed by atoms with E-state index in [0.29, 0.717) is 0 Å². The summed E-state index contributed by atoms with van der Waals surface area (Å²) in [6.07, 6.45) is 0.757. The minimum absolute atomic E-state index is 0.229. The molecular weight excluding hydrogens is 493 g/mol. The van der Waals surface area contributed by atoms with Crippen LogP contribution in [-0.4, -0.2) is 11.7 Å². The summed E-state index contributed by atoms with van der Waals surface area (Å²) >= 11 is 6.93. The summed E-state index contributed by atoms with van der Waals surface area (Å²) in [7, 11) is 0. The maximum atomic E-state index is 8.83. The van der Waals surface area contributed by atoms with E-state index < -0.39 is 0 Å². The second-order valence-corrected chi connectivity index (χ2v) is 5.89. The zero-order chi connectivity index (χ0) is 9.14. The summed E-state index contributed by atoms with van der Waals surface area (Å²) in [6.45, 7) is 0.229. The first kappa shape index (κ1) is 11.4. The summed E-state index contributed by atoms with van der Waals surface area (Å²) in [4.78, 5) is 0. The molecule has 1 rings (SSSR count). The SMILES string of the molecule is OCCc1c(I)cc(I)cc1I. The predicted molar refractivity (Wildman–Crippen MR) is 75.4 cm³/mol. The van der Waals surface area contributed by atoms with Crippen molar-refractivity contribution in [2.45, 2.75) is 6.42 Å². The van der Waals surface area contributed by atoms with Gasteiger partial charge < -0.3 is 5.11 Å². The van der Waals surface area contributed by atoms with Gasteiger partial charge in [-0.1, -0.05) is 0 Å². The molecule has 1 nitrogen and oxygen atoms in total. The van der Waals surface area contributed by atoms with E-state index in [1.807, 2.05) is 0 Å². The molecule has 4 heteroatoms. The van der Waals surface area contributed by atoms with Crippen LogP contribution in [0.5, 0.6) is 0 Å². The fourth-order valence-electron chi connectivity index (χ4n) is 0.923. The number of aliphatic hydroxyl groups excluding tert-OH is 1. The van der Waals surface area contributed by atoms with Gasteiger partial charge in [-0.05, 0) is 91.9 Å². The number of benzene rings is 1. The molecule has 1 aromatic rings. The summed E-state index contributed by atoms with van der Waals surface area (Å²) in [5.41, 5.74) is 1.26. The van der Waals surface area contributed by atoms with E-state index in [1.165, 1.54) is 16.3 Å². The lowest BCUT2D eigenvalue weighted by Gasteiger charge is -2.06. The highest BCUT2D eigenvalue weighted by Crippen LogP contribution is 2.22. The molecule has 0 heterocycles. The minimum atomic E-state index is 0.229. The molecule has 0 saturated carbocycles. The van der Waals surface area contributed by atoms with E-state index in [1.54, 1.807) is 0 Å². The lowest BCUT2D eigenvalue weighted by molar-refractivity contribution is 0.299. The fraction of sp³-hybridized carbons (Fsp3) is 0.250. The number of hydrogen-bond acceptors (Lipinski definition) is 1. The maximum absolute atomic E-state index is 8.83. The third-order valence-electron chi connectivity index (χ3n) is 1.47. The third-order valence-corrected chi connectivity index (χ3v) is 4.02. The van der Waals surface area contributed by atoms with Crippen molar-refractivity contribution >= 4 is 67.8 Å². The molecule has 1 N–H and O–H groups in total. The molecule has 1 aromatic carbocycles. The maximum Gasteiger partial charge on any atom is 0.0472 e. The fourth-order valence-corrected chi connectivity index (χ4v) is 5.04. The van der Waals surface area contributed by atoms with Crippen LogP contribution in [0.2, 0.25) is 0 Å². The van der Waals surface area contributed by atoms with Crippen LogP contribution < -0.4 is 0 Å². The van der Waals surface area contributed by atoms with Crippen LogP contribution in [-0.2, 0) is 6.42 Å². The van der Waals surface area contributed by atoms with E-state index in [9.17, 15) is 0 Å². The highest BCUT2D eigenvalue weighted by Gasteiger charge is 2.05. The van der Waals surface area contributed by atoms with E-state index in [2.05, 4.69) is 79.9 Å². The van der Waals surface area contributed by atoms with Gasteiger partial charge in [0.05, 0.1) is 0 Å². The van der Waals surface area contributed by atoms with Crippen molar-refractivity contribution in [2.75, 3.05) is 6.61 Å². The molecule has 0 spiro atoms. The van der Waals surface area contributed by atoms with Crippen LogP contribution in [0.15, 0.2) is 12.1 Å². The molecule has 0 aliphatic carbocycles. The van der Waals surface area contributed by atoms with Gasteiger partial charge in [-0.25, -0.2) is 0 Å². The monoisotopic (exact) mass is 500 g/mol. The summed E-state index contributed by atoms with van der Waals surface area (Å²) in [6, 6.07) is 4.27. The largest absolute Gasteiger partial charge is 0.396 e. The third kappa shape index (κ3) is 2.95. The van der Waals surface area contributed by atoms with Crippen LogP contribution in [0, 0.1) is 10.7 Å². The van der Waals surface area contributed by atoms with Crippen molar-refractivity contribution < 1.29 is 5.11 Å². The molecule has 0 radical (unpaired) electrons. The highest BCUT2D eigenvalue weighted by atomic mass is 127. The van der Waals surface area contributed by atoms with E-state index in [4.69, 9.17) is 5.11 Å². The Morgan fingerprint density at radius 2 is 1.58 bits per heavy atom. The van der Waals surface area contributed by atoms with Crippen LogP contribution in [0.3, 0.4) is 0 Å². The van der Waals surface area contributed by atoms with E-state index >= 15 is 0 Å². The predicted octanol–water partition coefficient (Wildman–Crippen LogP) is 3.04. The van der Waals surface area contributed by atoms with Gasteiger partial charge in [-0.3, -0.25) is 0 Å².